The number of hydrogen-bond acceptors (Lipinski definition) is 1. The van der Waals surface area contributed by atoms with Crippen molar-refractivity contribution in [3.05, 3.63) is 90.6 Å². The van der Waals surface area contributed by atoms with Gasteiger partial charge in [-0.05, 0) is 12.0 Å². The Kier molecular flexibility index (Phi) is 4.94. The third-order valence-electron chi connectivity index (χ3n) is 7.18. The van der Waals surface area contributed by atoms with Crippen LogP contribution >= 0.6 is 0 Å². The van der Waals surface area contributed by atoms with Crippen molar-refractivity contribution < 1.29 is 14.6 Å². The molecular formula is C26H30N2O+2. The van der Waals surface area contributed by atoms with Gasteiger partial charge < -0.3 is 10.0 Å². The van der Waals surface area contributed by atoms with E-state index in [9.17, 15) is 5.11 Å². The number of quaternary nitrogens is 1. The van der Waals surface area contributed by atoms with E-state index in [1.54, 1.807) is 4.90 Å². The van der Waals surface area contributed by atoms with E-state index in [-0.39, 0.29) is 0 Å². The molecule has 3 heteroatoms. The fourth-order valence-corrected chi connectivity index (χ4v) is 5.61. The lowest BCUT2D eigenvalue weighted by Gasteiger charge is -2.47. The molecule has 1 unspecified atom stereocenters. The second-order valence-electron chi connectivity index (χ2n) is 8.75. The summed E-state index contributed by atoms with van der Waals surface area (Å²) >= 11 is 0. The molecule has 148 valence electrons. The number of rotatable bonds is 5. The molecule has 0 aliphatic carbocycles. The molecule has 5 atom stereocenters. The molecule has 0 amide bonds. The Labute approximate surface area is 172 Å². The number of nitrogens with zero attached hydrogens (tertiary/aromatic N) is 1. The lowest BCUT2D eigenvalue weighted by Crippen LogP contribution is -3.20. The van der Waals surface area contributed by atoms with Gasteiger partial charge in [0.15, 0.2) is 12.7 Å². The molecule has 2 bridgehead atoms. The standard InChI is InChI=1S/C26H29N2O/c1-2-20-18-28-14-12-21(20)16-25(28)26(29)23-13-15-27(17-19-8-4-3-5-9-19)24-11-7-6-10-22(23)24/h2-11,13,15,20-21,25-26,29H,1,12,14,16-18H2/q+1/p+1/t20-,21-,25+,26+/m0/s1. The first-order chi connectivity index (χ1) is 14.2. The van der Waals surface area contributed by atoms with Gasteiger partial charge in [-0.3, -0.25) is 0 Å². The van der Waals surface area contributed by atoms with Crippen molar-refractivity contribution >= 4 is 10.9 Å². The van der Waals surface area contributed by atoms with Gasteiger partial charge >= 0.3 is 0 Å². The maximum Gasteiger partial charge on any atom is 0.213 e. The number of benzene rings is 2. The van der Waals surface area contributed by atoms with Crippen molar-refractivity contribution in [1.82, 2.24) is 0 Å². The van der Waals surface area contributed by atoms with Gasteiger partial charge in [0.1, 0.15) is 12.1 Å². The highest BCUT2D eigenvalue weighted by atomic mass is 16.3. The van der Waals surface area contributed by atoms with Crippen LogP contribution in [0.25, 0.3) is 10.9 Å². The van der Waals surface area contributed by atoms with Gasteiger partial charge in [0.25, 0.3) is 0 Å². The largest absolute Gasteiger partial charge is 0.382 e. The zero-order chi connectivity index (χ0) is 19.8. The third-order valence-corrected chi connectivity index (χ3v) is 7.18. The molecule has 1 aromatic heterocycles. The fraction of sp³-hybridized carbons (Fsp3) is 0.346. The summed E-state index contributed by atoms with van der Waals surface area (Å²) in [5.41, 5.74) is 3.54. The van der Waals surface area contributed by atoms with E-state index in [0.717, 1.165) is 25.1 Å². The highest BCUT2D eigenvalue weighted by Gasteiger charge is 2.46. The minimum Gasteiger partial charge on any atom is -0.382 e. The summed E-state index contributed by atoms with van der Waals surface area (Å²) in [5, 5.41) is 12.6. The minimum atomic E-state index is -0.421. The van der Waals surface area contributed by atoms with Gasteiger partial charge in [-0.15, -0.1) is 6.58 Å². The van der Waals surface area contributed by atoms with Crippen molar-refractivity contribution in [2.24, 2.45) is 11.8 Å². The molecule has 0 spiro atoms. The van der Waals surface area contributed by atoms with Gasteiger partial charge in [-0.1, -0.05) is 48.5 Å². The maximum atomic E-state index is 11.4. The van der Waals surface area contributed by atoms with Crippen molar-refractivity contribution in [1.29, 1.82) is 0 Å². The lowest BCUT2D eigenvalue weighted by molar-refractivity contribution is -0.949. The smallest absolute Gasteiger partial charge is 0.213 e. The van der Waals surface area contributed by atoms with Crippen LogP contribution in [0, 0.1) is 11.8 Å². The first-order valence-corrected chi connectivity index (χ1v) is 10.8. The number of aliphatic hydroxyl groups is 1. The third kappa shape index (κ3) is 3.39. The van der Waals surface area contributed by atoms with Crippen LogP contribution in [0.1, 0.15) is 30.1 Å². The quantitative estimate of drug-likeness (QED) is 0.512. The zero-order valence-electron chi connectivity index (χ0n) is 16.9. The molecule has 3 nitrogen and oxygen atoms in total. The van der Waals surface area contributed by atoms with Crippen LogP contribution in [-0.2, 0) is 6.54 Å². The second kappa shape index (κ2) is 7.74. The Morgan fingerprint density at radius 2 is 1.90 bits per heavy atom. The Hall–Kier alpha value is -2.49. The molecule has 3 aliphatic rings. The molecule has 3 saturated heterocycles. The van der Waals surface area contributed by atoms with Crippen LogP contribution in [0.4, 0.5) is 0 Å². The highest BCUT2D eigenvalue weighted by Crippen LogP contribution is 2.33. The monoisotopic (exact) mass is 386 g/mol. The number of fused-ring (bicyclic) bond motifs is 4. The number of para-hydroxylation sites is 1. The van der Waals surface area contributed by atoms with Gasteiger partial charge in [-0.2, -0.15) is 4.57 Å². The predicted octanol–water partition coefficient (Wildman–Crippen LogP) is 2.69. The predicted molar refractivity (Wildman–Crippen MR) is 116 cm³/mol. The summed E-state index contributed by atoms with van der Waals surface area (Å²) in [6, 6.07) is 21.5. The number of nitrogens with one attached hydrogen (secondary N) is 1. The van der Waals surface area contributed by atoms with Gasteiger partial charge in [-0.25, -0.2) is 0 Å². The lowest BCUT2D eigenvalue weighted by atomic mass is 9.73. The molecular weight excluding hydrogens is 356 g/mol. The van der Waals surface area contributed by atoms with Crippen LogP contribution in [0.2, 0.25) is 0 Å². The van der Waals surface area contributed by atoms with Gasteiger partial charge in [0.05, 0.1) is 18.5 Å². The highest BCUT2D eigenvalue weighted by molar-refractivity contribution is 5.79. The first-order valence-electron chi connectivity index (χ1n) is 10.8. The van der Waals surface area contributed by atoms with E-state index in [0.29, 0.717) is 17.9 Å². The van der Waals surface area contributed by atoms with Crippen LogP contribution in [0.3, 0.4) is 0 Å². The Morgan fingerprint density at radius 3 is 2.66 bits per heavy atom. The number of pyridine rings is 1. The Balaban J connectivity index is 1.48. The summed E-state index contributed by atoms with van der Waals surface area (Å²) < 4.78 is 2.29. The Bertz CT molecular complexity index is 1020. The second-order valence-corrected chi connectivity index (χ2v) is 8.75. The van der Waals surface area contributed by atoms with Crippen LogP contribution in [-0.4, -0.2) is 24.2 Å². The number of aliphatic hydroxyl groups excluding tert-OH is 1. The number of piperidine rings is 3. The van der Waals surface area contributed by atoms with Crippen molar-refractivity contribution in [3.8, 4) is 0 Å². The maximum absolute atomic E-state index is 11.4. The number of hydrogen-bond donors (Lipinski definition) is 2. The van der Waals surface area contributed by atoms with Crippen LogP contribution in [0.15, 0.2) is 79.5 Å². The summed E-state index contributed by atoms with van der Waals surface area (Å²) in [6.45, 7) is 7.17. The molecule has 29 heavy (non-hydrogen) atoms. The van der Waals surface area contributed by atoms with E-state index in [1.807, 2.05) is 0 Å². The van der Waals surface area contributed by atoms with E-state index in [2.05, 4.69) is 84.1 Å². The minimum absolute atomic E-state index is 0.290. The Morgan fingerprint density at radius 1 is 1.10 bits per heavy atom. The number of aromatic nitrogens is 1. The molecule has 2 aromatic carbocycles. The van der Waals surface area contributed by atoms with Crippen LogP contribution in [0.5, 0.6) is 0 Å². The molecule has 4 heterocycles. The normalized spacial score (nSPS) is 27.1. The molecule has 0 saturated carbocycles. The fourth-order valence-electron chi connectivity index (χ4n) is 5.61. The van der Waals surface area contributed by atoms with Crippen LogP contribution < -0.4 is 9.47 Å². The first kappa shape index (κ1) is 18.5. The van der Waals surface area contributed by atoms with Crippen molar-refractivity contribution in [2.45, 2.75) is 31.5 Å². The van der Waals surface area contributed by atoms with Crippen molar-refractivity contribution in [2.75, 3.05) is 13.1 Å². The zero-order valence-corrected chi connectivity index (χ0v) is 16.9. The average molecular weight is 387 g/mol. The van der Waals surface area contributed by atoms with E-state index in [1.165, 1.54) is 29.4 Å². The van der Waals surface area contributed by atoms with Gasteiger partial charge in [0, 0.05) is 42.0 Å². The van der Waals surface area contributed by atoms with E-state index in [4.69, 9.17) is 0 Å². The van der Waals surface area contributed by atoms with E-state index >= 15 is 0 Å². The summed E-state index contributed by atoms with van der Waals surface area (Å²) in [6.07, 6.45) is 6.22. The molecule has 3 aliphatic heterocycles. The molecule has 3 fully saturated rings. The summed E-state index contributed by atoms with van der Waals surface area (Å²) in [4.78, 5) is 1.55. The summed E-state index contributed by atoms with van der Waals surface area (Å²) in [7, 11) is 0. The van der Waals surface area contributed by atoms with E-state index < -0.39 is 6.10 Å². The molecule has 0 radical (unpaired) electrons. The molecule has 6 rings (SSSR count). The molecule has 2 N–H and O–H groups in total. The molecule has 3 aromatic rings. The average Bonchev–Trinajstić information content (AvgIpc) is 2.79. The van der Waals surface area contributed by atoms with Crippen molar-refractivity contribution in [3.63, 3.8) is 0 Å². The van der Waals surface area contributed by atoms with Gasteiger partial charge in [0.2, 0.25) is 5.52 Å². The topological polar surface area (TPSA) is 28.6 Å². The summed E-state index contributed by atoms with van der Waals surface area (Å²) in [5.74, 6) is 1.30. The SMILES string of the molecule is C=C[C@H]1C[NH+]2CC[C@H]1C[C@@H]2[C@H](O)c1cc[n+](Cc2ccccc2)c2ccccc12.